The van der Waals surface area contributed by atoms with E-state index in [1.54, 1.807) is 7.11 Å². The molecule has 0 fully saturated rings. The number of amides is 1. The third kappa shape index (κ3) is 7.74. The fourth-order valence-electron chi connectivity index (χ4n) is 0.845. The molecule has 1 unspecified atom stereocenters. The van der Waals surface area contributed by atoms with Gasteiger partial charge in [-0.15, -0.1) is 0 Å². The molecule has 0 bridgehead atoms. The van der Waals surface area contributed by atoms with Crippen LogP contribution in [0.4, 0.5) is 0 Å². The molecule has 0 aromatic heterocycles. The van der Waals surface area contributed by atoms with Crippen LogP contribution >= 0.6 is 0 Å². The number of methoxy groups -OCH3 is 1. The van der Waals surface area contributed by atoms with E-state index in [0.29, 0.717) is 13.1 Å². The molecule has 13 heavy (non-hydrogen) atoms. The van der Waals surface area contributed by atoms with Crippen molar-refractivity contribution < 1.29 is 9.53 Å². The van der Waals surface area contributed by atoms with E-state index < -0.39 is 0 Å². The van der Waals surface area contributed by atoms with E-state index in [1.807, 2.05) is 20.8 Å². The van der Waals surface area contributed by atoms with Crippen LogP contribution in [-0.2, 0) is 9.53 Å². The second-order valence-corrected chi connectivity index (χ2v) is 3.40. The summed E-state index contributed by atoms with van der Waals surface area (Å²) in [5.74, 6) is 0.0262. The molecule has 0 saturated carbocycles. The second-order valence-electron chi connectivity index (χ2n) is 3.40. The highest BCUT2D eigenvalue weighted by atomic mass is 16.5. The van der Waals surface area contributed by atoms with Crippen molar-refractivity contribution in [1.29, 1.82) is 0 Å². The lowest BCUT2D eigenvalue weighted by molar-refractivity contribution is -0.120. The van der Waals surface area contributed by atoms with Crippen molar-refractivity contribution in [3.63, 3.8) is 0 Å². The van der Waals surface area contributed by atoms with Crippen molar-refractivity contribution in [2.45, 2.75) is 32.9 Å². The summed E-state index contributed by atoms with van der Waals surface area (Å²) in [4.78, 5) is 11.1. The van der Waals surface area contributed by atoms with Gasteiger partial charge < -0.3 is 15.4 Å². The predicted molar refractivity (Wildman–Crippen MR) is 52.6 cm³/mol. The lowest BCUT2D eigenvalue weighted by atomic mass is 10.3. The van der Waals surface area contributed by atoms with E-state index >= 15 is 0 Å². The zero-order valence-electron chi connectivity index (χ0n) is 8.89. The van der Waals surface area contributed by atoms with Crippen LogP contribution in [0.15, 0.2) is 0 Å². The zero-order valence-corrected chi connectivity index (χ0v) is 8.89. The molecule has 4 heteroatoms. The molecule has 0 spiro atoms. The Morgan fingerprint density at radius 1 is 1.38 bits per heavy atom. The molecule has 0 aliphatic rings. The van der Waals surface area contributed by atoms with Crippen molar-refractivity contribution >= 4 is 5.91 Å². The normalized spacial score (nSPS) is 13.0. The summed E-state index contributed by atoms with van der Waals surface area (Å²) in [6, 6.07) is 0.203. The summed E-state index contributed by atoms with van der Waals surface area (Å²) in [7, 11) is 1.65. The number of rotatable bonds is 6. The average molecular weight is 188 g/mol. The van der Waals surface area contributed by atoms with Gasteiger partial charge in [0.1, 0.15) is 0 Å². The van der Waals surface area contributed by atoms with Gasteiger partial charge in [-0.1, -0.05) is 0 Å². The van der Waals surface area contributed by atoms with Gasteiger partial charge >= 0.3 is 0 Å². The van der Waals surface area contributed by atoms with Crippen LogP contribution in [0.1, 0.15) is 20.8 Å². The van der Waals surface area contributed by atoms with Gasteiger partial charge in [0.2, 0.25) is 5.91 Å². The molecule has 1 amide bonds. The lowest BCUT2D eigenvalue weighted by Crippen LogP contribution is -2.39. The van der Waals surface area contributed by atoms with Gasteiger partial charge in [0, 0.05) is 19.7 Å². The Balaban J connectivity index is 3.37. The Morgan fingerprint density at radius 3 is 2.46 bits per heavy atom. The molecule has 2 N–H and O–H groups in total. The number of hydrogen-bond donors (Lipinski definition) is 2. The van der Waals surface area contributed by atoms with Crippen molar-refractivity contribution in [3.05, 3.63) is 0 Å². The quantitative estimate of drug-likeness (QED) is 0.623. The highest BCUT2D eigenvalue weighted by Gasteiger charge is 2.03. The van der Waals surface area contributed by atoms with Gasteiger partial charge in [0.15, 0.2) is 0 Å². The summed E-state index contributed by atoms with van der Waals surface area (Å²) in [6.07, 6.45) is 0.145. The van der Waals surface area contributed by atoms with Gasteiger partial charge in [-0.05, 0) is 20.8 Å². The molecule has 0 aliphatic carbocycles. The smallest absolute Gasteiger partial charge is 0.234 e. The minimum atomic E-state index is 0.0262. The van der Waals surface area contributed by atoms with Gasteiger partial charge in [-0.3, -0.25) is 4.79 Å². The standard InChI is InChI=1S/C9H20N2O2/c1-7(2)11-9(12)6-10-5-8(3)13-4/h7-8,10H,5-6H2,1-4H3,(H,11,12). The lowest BCUT2D eigenvalue weighted by Gasteiger charge is -2.11. The fourth-order valence-corrected chi connectivity index (χ4v) is 0.845. The number of carbonyl (C=O) groups excluding carboxylic acids is 1. The predicted octanol–water partition coefficient (Wildman–Crippen LogP) is 0.136. The van der Waals surface area contributed by atoms with Crippen LogP contribution in [-0.4, -0.2) is 38.3 Å². The number of carbonyl (C=O) groups is 1. The Hall–Kier alpha value is -0.610. The van der Waals surface area contributed by atoms with Crippen LogP contribution in [0.3, 0.4) is 0 Å². The van der Waals surface area contributed by atoms with Crippen molar-refractivity contribution in [1.82, 2.24) is 10.6 Å². The molecule has 0 rings (SSSR count). The largest absolute Gasteiger partial charge is 0.380 e. The van der Waals surface area contributed by atoms with Gasteiger partial charge in [-0.25, -0.2) is 0 Å². The van der Waals surface area contributed by atoms with E-state index in [0.717, 1.165) is 0 Å². The summed E-state index contributed by atoms with van der Waals surface area (Å²) in [6.45, 7) is 6.88. The number of nitrogens with one attached hydrogen (secondary N) is 2. The van der Waals surface area contributed by atoms with E-state index in [4.69, 9.17) is 4.74 Å². The third-order valence-corrected chi connectivity index (χ3v) is 1.57. The molecular formula is C9H20N2O2. The van der Waals surface area contributed by atoms with Crippen LogP contribution in [0.5, 0.6) is 0 Å². The van der Waals surface area contributed by atoms with Crippen molar-refractivity contribution in [2.75, 3.05) is 20.2 Å². The minimum absolute atomic E-state index is 0.0262. The Bertz CT molecular complexity index is 149. The van der Waals surface area contributed by atoms with Crippen molar-refractivity contribution in [3.8, 4) is 0 Å². The summed E-state index contributed by atoms with van der Waals surface area (Å²) < 4.78 is 5.02. The first-order valence-electron chi connectivity index (χ1n) is 4.59. The highest BCUT2D eigenvalue weighted by molar-refractivity contribution is 5.78. The van der Waals surface area contributed by atoms with Crippen LogP contribution in [0.2, 0.25) is 0 Å². The second kappa shape index (κ2) is 6.86. The maximum absolute atomic E-state index is 11.1. The highest BCUT2D eigenvalue weighted by Crippen LogP contribution is 1.83. The fraction of sp³-hybridized carbons (Fsp3) is 0.889. The van der Waals surface area contributed by atoms with E-state index in [1.165, 1.54) is 0 Å². The monoisotopic (exact) mass is 188 g/mol. The molecule has 0 saturated heterocycles. The SMILES string of the molecule is COC(C)CNCC(=O)NC(C)C. The Kier molecular flexibility index (Phi) is 6.54. The van der Waals surface area contributed by atoms with Crippen LogP contribution in [0.25, 0.3) is 0 Å². The molecule has 0 aromatic carbocycles. The summed E-state index contributed by atoms with van der Waals surface area (Å²) in [5, 5.41) is 5.80. The van der Waals surface area contributed by atoms with Crippen LogP contribution < -0.4 is 10.6 Å². The molecule has 1 atom stereocenters. The van der Waals surface area contributed by atoms with Gasteiger partial charge in [0.05, 0.1) is 12.6 Å². The summed E-state index contributed by atoms with van der Waals surface area (Å²) in [5.41, 5.74) is 0. The van der Waals surface area contributed by atoms with Gasteiger partial charge in [-0.2, -0.15) is 0 Å². The van der Waals surface area contributed by atoms with Crippen LogP contribution in [0, 0.1) is 0 Å². The zero-order chi connectivity index (χ0) is 10.3. The van der Waals surface area contributed by atoms with Crippen molar-refractivity contribution in [2.24, 2.45) is 0 Å². The molecule has 4 nitrogen and oxygen atoms in total. The van der Waals surface area contributed by atoms with E-state index in [9.17, 15) is 4.79 Å². The van der Waals surface area contributed by atoms with Gasteiger partial charge in [0.25, 0.3) is 0 Å². The first-order chi connectivity index (χ1) is 6.06. The Morgan fingerprint density at radius 2 is 2.00 bits per heavy atom. The molecular weight excluding hydrogens is 168 g/mol. The van der Waals surface area contributed by atoms with E-state index in [2.05, 4.69) is 10.6 Å². The molecule has 78 valence electrons. The number of hydrogen-bond acceptors (Lipinski definition) is 3. The molecule has 0 aromatic rings. The molecule has 0 radical (unpaired) electrons. The maximum Gasteiger partial charge on any atom is 0.234 e. The third-order valence-electron chi connectivity index (χ3n) is 1.57. The number of ether oxygens (including phenoxy) is 1. The first kappa shape index (κ1) is 12.4. The first-order valence-corrected chi connectivity index (χ1v) is 4.59. The average Bonchev–Trinajstić information content (AvgIpc) is 2.02. The summed E-state index contributed by atoms with van der Waals surface area (Å²) >= 11 is 0. The topological polar surface area (TPSA) is 50.4 Å². The minimum Gasteiger partial charge on any atom is -0.380 e. The maximum atomic E-state index is 11.1. The molecule has 0 heterocycles. The molecule has 0 aliphatic heterocycles. The van der Waals surface area contributed by atoms with E-state index in [-0.39, 0.29) is 18.1 Å². The Labute approximate surface area is 80.0 Å².